The summed E-state index contributed by atoms with van der Waals surface area (Å²) < 4.78 is 6.16. The van der Waals surface area contributed by atoms with Gasteiger partial charge in [0.25, 0.3) is 0 Å². The van der Waals surface area contributed by atoms with E-state index in [0.717, 1.165) is 64.3 Å². The van der Waals surface area contributed by atoms with Crippen LogP contribution in [-0.2, 0) is 6.54 Å². The second-order valence-corrected chi connectivity index (χ2v) is 8.57. The average molecular weight is 461 g/mol. The maximum atomic E-state index is 6.26. The number of nitrogens with one attached hydrogen (secondary N) is 2. The van der Waals surface area contributed by atoms with Gasteiger partial charge in [-0.1, -0.05) is 11.6 Å². The molecule has 2 aromatic rings. The highest BCUT2D eigenvalue weighted by Gasteiger charge is 2.31. The molecule has 164 valence electrons. The largest absolute Gasteiger partial charge is 0.474 e. The van der Waals surface area contributed by atoms with Crippen LogP contribution in [-0.4, -0.2) is 33.3 Å². The van der Waals surface area contributed by atoms with E-state index in [2.05, 4.69) is 25.5 Å². The molecule has 5 rings (SSSR count). The first kappa shape index (κ1) is 21.8. The number of aromatic amines is 1. The van der Waals surface area contributed by atoms with Gasteiger partial charge in [-0.15, -0.1) is 12.4 Å². The van der Waals surface area contributed by atoms with E-state index in [4.69, 9.17) is 21.3 Å². The molecule has 0 amide bonds. The van der Waals surface area contributed by atoms with Crippen LogP contribution in [0, 0.1) is 19.8 Å². The van der Waals surface area contributed by atoms with Gasteiger partial charge in [-0.3, -0.25) is 4.99 Å². The molecule has 0 aromatic carbocycles. The van der Waals surface area contributed by atoms with Crippen molar-refractivity contribution in [1.82, 2.24) is 20.4 Å². The van der Waals surface area contributed by atoms with E-state index in [1.165, 1.54) is 5.56 Å². The van der Waals surface area contributed by atoms with Gasteiger partial charge in [0, 0.05) is 28.3 Å². The molecule has 1 fully saturated rings. The summed E-state index contributed by atoms with van der Waals surface area (Å²) in [6.07, 6.45) is 8.07. The third kappa shape index (κ3) is 4.48. The molecule has 0 unspecified atom stereocenters. The summed E-state index contributed by atoms with van der Waals surface area (Å²) in [5, 5.41) is 7.38. The first-order valence-corrected chi connectivity index (χ1v) is 10.9. The summed E-state index contributed by atoms with van der Waals surface area (Å²) in [5.41, 5.74) is 7.55. The molecule has 2 N–H and O–H groups in total. The highest BCUT2D eigenvalue weighted by Crippen LogP contribution is 2.31. The molecule has 0 saturated heterocycles. The minimum absolute atomic E-state index is 0. The normalized spacial score (nSPS) is 22.2. The number of allylic oxidation sites excluding steroid dienone is 1. The summed E-state index contributed by atoms with van der Waals surface area (Å²) in [6, 6.07) is 1.91. The summed E-state index contributed by atoms with van der Waals surface area (Å²) in [4.78, 5) is 17.0. The van der Waals surface area contributed by atoms with E-state index >= 15 is 0 Å². The van der Waals surface area contributed by atoms with Gasteiger partial charge in [0.1, 0.15) is 11.9 Å². The van der Waals surface area contributed by atoms with Crippen LogP contribution in [0.1, 0.15) is 48.5 Å². The predicted molar refractivity (Wildman–Crippen MR) is 123 cm³/mol. The van der Waals surface area contributed by atoms with Gasteiger partial charge in [0.2, 0.25) is 5.88 Å². The van der Waals surface area contributed by atoms with Gasteiger partial charge in [0.15, 0.2) is 0 Å². The molecule has 31 heavy (non-hydrogen) atoms. The molecule has 0 radical (unpaired) electrons. The van der Waals surface area contributed by atoms with Crippen molar-refractivity contribution in [2.75, 3.05) is 6.54 Å². The Labute approximate surface area is 192 Å². The van der Waals surface area contributed by atoms with E-state index in [9.17, 15) is 0 Å². The van der Waals surface area contributed by atoms with E-state index in [1.807, 2.05) is 32.1 Å². The molecule has 1 saturated carbocycles. The standard InChI is InChI=1S/C22H25ClN6O.ClH/c1-12-9-19(27-13(2)26-12)30-16-5-3-14(4-6-16)20-22-17(11-25-29-20)21-18(28-22)10-15(23)7-8-24-21;/h7,9-10,14,16,25,28H,3-6,8,11H2,1-2H3;1H. The molecular weight excluding hydrogens is 435 g/mol. The van der Waals surface area contributed by atoms with E-state index in [0.29, 0.717) is 24.9 Å². The van der Waals surface area contributed by atoms with Gasteiger partial charge in [0.05, 0.1) is 35.2 Å². The summed E-state index contributed by atoms with van der Waals surface area (Å²) >= 11 is 6.26. The zero-order chi connectivity index (χ0) is 20.7. The molecule has 0 spiro atoms. The van der Waals surface area contributed by atoms with Gasteiger partial charge in [-0.25, -0.2) is 4.98 Å². The maximum Gasteiger partial charge on any atom is 0.217 e. The lowest BCUT2D eigenvalue weighted by Gasteiger charge is -2.30. The minimum atomic E-state index is 0. The molecule has 2 aromatic heterocycles. The lowest BCUT2D eigenvalue weighted by molar-refractivity contribution is 0.138. The second-order valence-electron chi connectivity index (χ2n) is 8.13. The number of fused-ring (bicyclic) bond motifs is 3. The molecule has 7 nitrogen and oxygen atoms in total. The summed E-state index contributed by atoms with van der Waals surface area (Å²) in [6.45, 7) is 5.15. The molecule has 0 atom stereocenters. The molecule has 0 bridgehead atoms. The Balaban J connectivity index is 0.00000231. The second kappa shape index (κ2) is 9.01. The number of halogens is 2. The maximum absolute atomic E-state index is 6.26. The van der Waals surface area contributed by atoms with E-state index < -0.39 is 0 Å². The van der Waals surface area contributed by atoms with Crippen LogP contribution in [0.3, 0.4) is 0 Å². The fourth-order valence-electron chi connectivity index (χ4n) is 4.57. The Morgan fingerprint density at radius 2 is 1.94 bits per heavy atom. The Morgan fingerprint density at radius 1 is 1.13 bits per heavy atom. The minimum Gasteiger partial charge on any atom is -0.474 e. The molecular formula is C22H26Cl2N6O. The number of aryl methyl sites for hydroxylation is 2. The lowest BCUT2D eigenvalue weighted by Crippen LogP contribution is -2.33. The fraction of sp³-hybridized carbons (Fsp3) is 0.455. The SMILES string of the molecule is Cc1cc(OC2CCC(C3=NNCc4c3[nH]c3c4=NCC=C(Cl)C=3)CC2)nc(C)n1.Cl. The Bertz CT molecular complexity index is 1140. The number of hydrogen-bond acceptors (Lipinski definition) is 6. The van der Waals surface area contributed by atoms with E-state index in [1.54, 1.807) is 0 Å². The quantitative estimate of drug-likeness (QED) is 0.736. The summed E-state index contributed by atoms with van der Waals surface area (Å²) in [7, 11) is 0. The molecule has 9 heteroatoms. The van der Waals surface area contributed by atoms with Gasteiger partial charge in [-0.05, 0) is 51.7 Å². The topological polar surface area (TPSA) is 87.5 Å². The first-order chi connectivity index (χ1) is 14.6. The monoisotopic (exact) mass is 460 g/mol. The van der Waals surface area contributed by atoms with Crippen LogP contribution in [0.25, 0.3) is 6.08 Å². The van der Waals surface area contributed by atoms with Crippen molar-refractivity contribution in [1.29, 1.82) is 0 Å². The molecule has 2 aliphatic heterocycles. The number of hydrogen-bond donors (Lipinski definition) is 2. The van der Waals surface area contributed by atoms with Crippen molar-refractivity contribution >= 4 is 35.8 Å². The van der Waals surface area contributed by atoms with Crippen LogP contribution in [0.5, 0.6) is 5.88 Å². The van der Waals surface area contributed by atoms with Gasteiger partial charge in [-0.2, -0.15) is 10.1 Å². The Hall–Kier alpha value is -2.38. The third-order valence-electron chi connectivity index (χ3n) is 5.92. The number of H-pyrrole nitrogens is 1. The van der Waals surface area contributed by atoms with Crippen molar-refractivity contribution in [2.24, 2.45) is 16.0 Å². The van der Waals surface area contributed by atoms with Gasteiger partial charge < -0.3 is 15.1 Å². The molecule has 3 aliphatic rings. The first-order valence-electron chi connectivity index (χ1n) is 10.5. The Kier molecular flexibility index (Phi) is 6.34. The number of ether oxygens (including phenoxy) is 1. The van der Waals surface area contributed by atoms with Crippen molar-refractivity contribution in [3.8, 4) is 5.88 Å². The highest BCUT2D eigenvalue weighted by atomic mass is 35.5. The molecule has 4 heterocycles. The van der Waals surface area contributed by atoms with Crippen molar-refractivity contribution < 1.29 is 4.74 Å². The number of nitrogens with zero attached hydrogens (tertiary/aromatic N) is 4. The number of rotatable bonds is 3. The van der Waals surface area contributed by atoms with E-state index in [-0.39, 0.29) is 18.5 Å². The zero-order valence-corrected chi connectivity index (χ0v) is 19.2. The lowest BCUT2D eigenvalue weighted by atomic mass is 9.82. The molecule has 1 aliphatic carbocycles. The highest BCUT2D eigenvalue weighted by molar-refractivity contribution is 6.34. The fourth-order valence-corrected chi connectivity index (χ4v) is 4.75. The van der Waals surface area contributed by atoms with Crippen LogP contribution in [0.15, 0.2) is 27.3 Å². The van der Waals surface area contributed by atoms with Crippen molar-refractivity contribution in [3.63, 3.8) is 0 Å². The van der Waals surface area contributed by atoms with Crippen LogP contribution < -0.4 is 20.9 Å². The average Bonchev–Trinajstić information content (AvgIpc) is 2.94. The number of aromatic nitrogens is 3. The summed E-state index contributed by atoms with van der Waals surface area (Å²) in [5.74, 6) is 1.81. The van der Waals surface area contributed by atoms with Gasteiger partial charge >= 0.3 is 0 Å². The zero-order valence-electron chi connectivity index (χ0n) is 17.6. The van der Waals surface area contributed by atoms with Crippen LogP contribution >= 0.6 is 24.0 Å². The number of hydrazone groups is 1. The van der Waals surface area contributed by atoms with Crippen molar-refractivity contribution in [3.05, 3.63) is 50.7 Å². The smallest absolute Gasteiger partial charge is 0.217 e. The third-order valence-corrected chi connectivity index (χ3v) is 6.19. The predicted octanol–water partition coefficient (Wildman–Crippen LogP) is 2.82. The van der Waals surface area contributed by atoms with Crippen molar-refractivity contribution in [2.45, 2.75) is 52.2 Å². The van der Waals surface area contributed by atoms with Crippen LogP contribution in [0.4, 0.5) is 0 Å². The van der Waals surface area contributed by atoms with Crippen LogP contribution in [0.2, 0.25) is 0 Å². The Morgan fingerprint density at radius 3 is 2.71 bits per heavy atom.